The molecule has 0 aliphatic carbocycles. The molecule has 0 unspecified atom stereocenters. The molecule has 8 heteroatoms. The van der Waals surface area contributed by atoms with E-state index in [2.05, 4.69) is 20.6 Å². The number of hydrogen-bond acceptors (Lipinski definition) is 4. The Labute approximate surface area is 140 Å². The second kappa shape index (κ2) is 7.16. The molecule has 2 aromatic carbocycles. The third kappa shape index (κ3) is 3.85. The lowest BCUT2D eigenvalue weighted by Gasteiger charge is -2.10. The molecular weight excluding hydrogens is 336 g/mol. The zero-order chi connectivity index (χ0) is 17.8. The largest absolute Gasteiger partial charge is 0.366 e. The number of rotatable bonds is 5. The first kappa shape index (κ1) is 16.7. The highest BCUT2D eigenvalue weighted by molar-refractivity contribution is 5.59. The molecule has 1 heterocycles. The molecule has 0 saturated carbocycles. The first-order valence-electron chi connectivity index (χ1n) is 7.24. The Morgan fingerprint density at radius 2 is 1.56 bits per heavy atom. The van der Waals surface area contributed by atoms with Crippen LogP contribution in [0.4, 0.5) is 34.9 Å². The molecule has 0 atom stereocenters. The van der Waals surface area contributed by atoms with Crippen LogP contribution < -0.4 is 10.6 Å². The summed E-state index contributed by atoms with van der Waals surface area (Å²) in [5, 5.41) is 5.45. The smallest absolute Gasteiger partial charge is 0.196 e. The third-order valence-corrected chi connectivity index (χ3v) is 3.38. The van der Waals surface area contributed by atoms with Crippen molar-refractivity contribution in [3.05, 3.63) is 77.6 Å². The molecule has 25 heavy (non-hydrogen) atoms. The summed E-state index contributed by atoms with van der Waals surface area (Å²) in [5.74, 6) is -4.04. The maximum atomic E-state index is 13.7. The van der Waals surface area contributed by atoms with Crippen LogP contribution in [0, 0.1) is 23.3 Å². The fourth-order valence-electron chi connectivity index (χ4n) is 2.11. The summed E-state index contributed by atoms with van der Waals surface area (Å²) in [5.41, 5.74) is 0.180. The Bertz CT molecular complexity index is 902. The van der Waals surface area contributed by atoms with Crippen LogP contribution in [-0.4, -0.2) is 9.97 Å². The molecule has 128 valence electrons. The molecule has 0 spiro atoms. The van der Waals surface area contributed by atoms with Crippen LogP contribution in [-0.2, 0) is 6.54 Å². The van der Waals surface area contributed by atoms with Gasteiger partial charge in [0, 0.05) is 18.2 Å². The highest BCUT2D eigenvalue weighted by atomic mass is 19.2. The average Bonchev–Trinajstić information content (AvgIpc) is 2.62. The van der Waals surface area contributed by atoms with Crippen molar-refractivity contribution < 1.29 is 17.6 Å². The van der Waals surface area contributed by atoms with E-state index in [-0.39, 0.29) is 23.9 Å². The summed E-state index contributed by atoms with van der Waals surface area (Å²) in [7, 11) is 0. The van der Waals surface area contributed by atoms with E-state index in [0.29, 0.717) is 11.4 Å². The molecule has 0 amide bonds. The van der Waals surface area contributed by atoms with Crippen molar-refractivity contribution in [3.8, 4) is 0 Å². The predicted molar refractivity (Wildman–Crippen MR) is 85.4 cm³/mol. The summed E-state index contributed by atoms with van der Waals surface area (Å²) in [6, 6.07) is 9.55. The lowest BCUT2D eigenvalue weighted by Crippen LogP contribution is -2.05. The molecule has 0 aliphatic heterocycles. The Balaban J connectivity index is 1.74. The highest BCUT2D eigenvalue weighted by Crippen LogP contribution is 2.23. The first-order valence-corrected chi connectivity index (χ1v) is 7.24. The van der Waals surface area contributed by atoms with Gasteiger partial charge in [0.2, 0.25) is 0 Å². The van der Waals surface area contributed by atoms with Crippen molar-refractivity contribution >= 4 is 17.3 Å². The van der Waals surface area contributed by atoms with Crippen molar-refractivity contribution in [3.63, 3.8) is 0 Å². The Kier molecular flexibility index (Phi) is 4.78. The molecule has 0 saturated heterocycles. The summed E-state index contributed by atoms with van der Waals surface area (Å²) in [6.45, 7) is 0.183. The fraction of sp³-hybridized carbons (Fsp3) is 0.0588. The van der Waals surface area contributed by atoms with E-state index in [9.17, 15) is 17.6 Å². The first-order chi connectivity index (χ1) is 12.0. The Morgan fingerprint density at radius 3 is 2.36 bits per heavy atom. The number of aromatic nitrogens is 2. The molecule has 0 radical (unpaired) electrons. The van der Waals surface area contributed by atoms with Crippen molar-refractivity contribution in [1.29, 1.82) is 0 Å². The van der Waals surface area contributed by atoms with E-state index in [4.69, 9.17) is 0 Å². The van der Waals surface area contributed by atoms with Crippen LogP contribution >= 0.6 is 0 Å². The van der Waals surface area contributed by atoms with Crippen LogP contribution in [0.15, 0.2) is 48.8 Å². The van der Waals surface area contributed by atoms with Crippen LogP contribution in [0.5, 0.6) is 0 Å². The highest BCUT2D eigenvalue weighted by Gasteiger charge is 2.14. The number of anilines is 3. The molecule has 3 aromatic rings. The van der Waals surface area contributed by atoms with Gasteiger partial charge in [-0.3, -0.25) is 0 Å². The normalized spacial score (nSPS) is 10.6. The average molecular weight is 348 g/mol. The van der Waals surface area contributed by atoms with Gasteiger partial charge in [-0.1, -0.05) is 18.2 Å². The SMILES string of the molecule is Fc1ccccc1CNc1cc(Nc2ccc(F)c(F)c2F)ncn1. The van der Waals surface area contributed by atoms with Gasteiger partial charge in [0.25, 0.3) is 0 Å². The van der Waals surface area contributed by atoms with E-state index in [1.165, 1.54) is 18.5 Å². The van der Waals surface area contributed by atoms with Gasteiger partial charge in [-0.2, -0.15) is 0 Å². The van der Waals surface area contributed by atoms with Gasteiger partial charge in [0.1, 0.15) is 23.8 Å². The lowest BCUT2D eigenvalue weighted by atomic mass is 10.2. The number of nitrogens with zero attached hydrogens (tertiary/aromatic N) is 2. The van der Waals surface area contributed by atoms with E-state index >= 15 is 0 Å². The summed E-state index contributed by atoms with van der Waals surface area (Å²) < 4.78 is 53.5. The zero-order valence-electron chi connectivity index (χ0n) is 12.7. The minimum Gasteiger partial charge on any atom is -0.366 e. The van der Waals surface area contributed by atoms with Gasteiger partial charge in [-0.25, -0.2) is 27.5 Å². The van der Waals surface area contributed by atoms with Gasteiger partial charge < -0.3 is 10.6 Å². The second-order valence-electron chi connectivity index (χ2n) is 5.08. The quantitative estimate of drug-likeness (QED) is 0.530. The number of hydrogen-bond donors (Lipinski definition) is 2. The molecule has 4 nitrogen and oxygen atoms in total. The third-order valence-electron chi connectivity index (χ3n) is 3.38. The van der Waals surface area contributed by atoms with Crippen molar-refractivity contribution in [1.82, 2.24) is 9.97 Å². The zero-order valence-corrected chi connectivity index (χ0v) is 12.7. The molecule has 0 fully saturated rings. The van der Waals surface area contributed by atoms with Gasteiger partial charge in [-0.15, -0.1) is 0 Å². The van der Waals surface area contributed by atoms with Crippen molar-refractivity contribution in [2.24, 2.45) is 0 Å². The van der Waals surface area contributed by atoms with Gasteiger partial charge in [0.15, 0.2) is 17.5 Å². The van der Waals surface area contributed by atoms with Crippen molar-refractivity contribution in [2.45, 2.75) is 6.54 Å². The second-order valence-corrected chi connectivity index (χ2v) is 5.08. The molecule has 0 bridgehead atoms. The molecule has 0 aliphatic rings. The van der Waals surface area contributed by atoms with Gasteiger partial charge >= 0.3 is 0 Å². The molecule has 3 rings (SSSR count). The minimum absolute atomic E-state index is 0.163. The minimum atomic E-state index is -1.57. The number of benzene rings is 2. The molecule has 2 N–H and O–H groups in total. The Hall–Kier alpha value is -3.16. The van der Waals surface area contributed by atoms with E-state index < -0.39 is 17.5 Å². The standard InChI is InChI=1S/C17H12F4N4/c18-11-4-2-1-3-10(11)8-22-14-7-15(24-9-23-14)25-13-6-5-12(19)16(20)17(13)21/h1-7,9H,8H2,(H2,22,23,24,25). The topological polar surface area (TPSA) is 49.8 Å². The van der Waals surface area contributed by atoms with E-state index in [1.54, 1.807) is 18.2 Å². The molecule has 1 aromatic heterocycles. The number of halogens is 4. The van der Waals surface area contributed by atoms with Gasteiger partial charge in [0.05, 0.1) is 5.69 Å². The van der Waals surface area contributed by atoms with Crippen LogP contribution in [0.25, 0.3) is 0 Å². The van der Waals surface area contributed by atoms with Crippen molar-refractivity contribution in [2.75, 3.05) is 10.6 Å². The predicted octanol–water partition coefficient (Wildman–Crippen LogP) is 4.39. The summed E-state index contributed by atoms with van der Waals surface area (Å²) in [6.07, 6.45) is 1.20. The maximum Gasteiger partial charge on any atom is 0.196 e. The van der Waals surface area contributed by atoms with E-state index in [1.807, 2.05) is 0 Å². The Morgan fingerprint density at radius 1 is 0.800 bits per heavy atom. The number of nitrogens with one attached hydrogen (secondary N) is 2. The van der Waals surface area contributed by atoms with Gasteiger partial charge in [-0.05, 0) is 18.2 Å². The van der Waals surface area contributed by atoms with Crippen LogP contribution in [0.1, 0.15) is 5.56 Å². The van der Waals surface area contributed by atoms with E-state index in [0.717, 1.165) is 12.1 Å². The summed E-state index contributed by atoms with van der Waals surface area (Å²) >= 11 is 0. The molecular formula is C17H12F4N4. The monoisotopic (exact) mass is 348 g/mol. The summed E-state index contributed by atoms with van der Waals surface area (Å²) in [4.78, 5) is 7.85. The fourth-order valence-corrected chi connectivity index (χ4v) is 2.11. The maximum absolute atomic E-state index is 13.7. The van der Waals surface area contributed by atoms with Crippen LogP contribution in [0.3, 0.4) is 0 Å². The van der Waals surface area contributed by atoms with Crippen LogP contribution in [0.2, 0.25) is 0 Å². The lowest BCUT2D eigenvalue weighted by molar-refractivity contribution is 0.449.